The van der Waals surface area contributed by atoms with E-state index in [0.29, 0.717) is 76.5 Å². The number of thioether (sulfide) groups is 3. The highest BCUT2D eigenvalue weighted by molar-refractivity contribution is 8.00. The molecule has 5 aromatic heterocycles. The summed E-state index contributed by atoms with van der Waals surface area (Å²) in [5.74, 6) is 1.44. The normalized spacial score (nSPS) is 14.2. The minimum absolute atomic E-state index is 0.254. The number of carbonyl (C=O) groups is 2. The van der Waals surface area contributed by atoms with Crippen molar-refractivity contribution in [1.29, 1.82) is 0 Å². The topological polar surface area (TPSA) is 223 Å². The number of nitrogens with zero attached hydrogens (tertiary/aromatic N) is 10. The quantitative estimate of drug-likeness (QED) is 0.0858. The molecule has 0 fully saturated rings. The van der Waals surface area contributed by atoms with Crippen LogP contribution >= 0.6 is 105 Å². The predicted octanol–water partition coefficient (Wildman–Crippen LogP) is 26.2. The van der Waals surface area contributed by atoms with Gasteiger partial charge in [-0.2, -0.15) is 0 Å². The van der Waals surface area contributed by atoms with Gasteiger partial charge in [0.2, 0.25) is 29.7 Å². The summed E-state index contributed by atoms with van der Waals surface area (Å²) in [7, 11) is 0. The van der Waals surface area contributed by atoms with E-state index in [1.54, 1.807) is 96.6 Å². The van der Waals surface area contributed by atoms with Gasteiger partial charge in [-0.3, -0.25) is 20.2 Å². The lowest BCUT2D eigenvalue weighted by atomic mass is 9.90. The monoisotopic (exact) mass is 1740 g/mol. The zero-order valence-electron chi connectivity index (χ0n) is 63.5. The number of carbonyl (C=O) groups excluding carboxylic acids is 2. The molecular formula is C92H68Cl6FN15O2S3. The van der Waals surface area contributed by atoms with Crippen LogP contribution in [0.3, 0.4) is 0 Å². The van der Waals surface area contributed by atoms with E-state index in [2.05, 4.69) is 124 Å². The number of rotatable bonds is 10. The van der Waals surface area contributed by atoms with Gasteiger partial charge in [-0.1, -0.05) is 142 Å². The summed E-state index contributed by atoms with van der Waals surface area (Å²) in [6.07, 6.45) is 13.0. The maximum absolute atomic E-state index is 13.0. The Morgan fingerprint density at radius 1 is 0.319 bits per heavy atom. The minimum atomic E-state index is -0.277. The summed E-state index contributed by atoms with van der Waals surface area (Å²) in [5.41, 5.74) is 21.7. The van der Waals surface area contributed by atoms with E-state index in [0.717, 1.165) is 137 Å². The lowest BCUT2D eigenvalue weighted by molar-refractivity contribution is 0.101. The van der Waals surface area contributed by atoms with Crippen LogP contribution in [0, 0.1) is 5.82 Å². The molecule has 2 aliphatic carbocycles. The van der Waals surface area contributed by atoms with Crippen LogP contribution in [0.25, 0.3) is 56.3 Å². The Morgan fingerprint density at radius 2 is 0.664 bits per heavy atom. The Balaban J connectivity index is 0.000000111. The van der Waals surface area contributed by atoms with E-state index in [4.69, 9.17) is 79.6 Å². The molecule has 27 heteroatoms. The van der Waals surface area contributed by atoms with Gasteiger partial charge in [0.25, 0.3) is 11.8 Å². The first-order valence-corrected chi connectivity index (χ1v) is 42.6. The number of aryl methyl sites for hydroxylation is 4. The molecule has 0 spiro atoms. The summed E-state index contributed by atoms with van der Waals surface area (Å²) < 4.78 is 13.0. The van der Waals surface area contributed by atoms with Crippen molar-refractivity contribution in [3.8, 4) is 56.3 Å². The highest BCUT2D eigenvalue weighted by Crippen LogP contribution is 2.52. The second kappa shape index (κ2) is 36.9. The van der Waals surface area contributed by atoms with Crippen LogP contribution in [-0.2, 0) is 25.7 Å². The number of hydrogen-bond acceptors (Lipinski definition) is 18. The molecule has 20 rings (SSSR count). The second-order valence-corrected chi connectivity index (χ2v) is 34.6. The molecule has 0 bridgehead atoms. The standard InChI is InChI=1S/2C19H14ClN3O.C18H13Cl2N3S.C18H13ClFN3S.C18H14ClN3S/c20-15-6-3-5-13(10-15)18(24)23-19-21-11-14-9-8-12-4-1-2-7-16(12)17(14)22-19;20-15-9-7-13(8-10-15)18(24)23-19-21-11-14-6-5-12-3-1-2-4-16(12)17(14)22-19;1-10-15-9-21-18(22-13-5-2-11(19)3-6-13)23-17(15)14-8-12(20)4-7-16(14)24-10;1-10-15-9-21-18(22-13-5-3-12(20)4-6-13)23-17(15)14-8-11(19)2-7-16(14)24-10;1-11-15-10-20-18(21-13-5-3-2-4-6-13)22-17(15)14-9-12(19)7-8-16(14)23-11/h1-7,10-11H,8-9H2,(H,21,22,23,24);1-4,7-11H,5-6H2,(H,21,22,23,24);2*2-10H,1H3,(H,21,22,23);2-11H,1H3,(H,20,21,22). The number of amides is 2. The maximum Gasteiger partial charge on any atom is 0.258 e. The second-order valence-electron chi connectivity index (χ2n) is 27.8. The van der Waals surface area contributed by atoms with Crippen molar-refractivity contribution in [1.82, 2.24) is 49.8 Å². The molecule has 5 aliphatic rings. The minimum Gasteiger partial charge on any atom is -0.324 e. The third kappa shape index (κ3) is 19.5. The molecule has 590 valence electrons. The van der Waals surface area contributed by atoms with Crippen LogP contribution in [0.1, 0.15) is 96.2 Å². The van der Waals surface area contributed by atoms with Gasteiger partial charge in [0.1, 0.15) is 5.82 Å². The van der Waals surface area contributed by atoms with Gasteiger partial charge in [0, 0.05) is 164 Å². The molecule has 0 radical (unpaired) electrons. The highest BCUT2D eigenvalue weighted by Gasteiger charge is 2.30. The summed E-state index contributed by atoms with van der Waals surface area (Å²) >= 11 is 41.6. The van der Waals surface area contributed by atoms with E-state index in [1.807, 2.05) is 152 Å². The van der Waals surface area contributed by atoms with E-state index in [9.17, 15) is 14.0 Å². The van der Waals surface area contributed by atoms with E-state index in [-0.39, 0.29) is 22.9 Å². The number of fused-ring (bicyclic) bond motifs is 15. The van der Waals surface area contributed by atoms with Crippen LogP contribution < -0.4 is 26.6 Å². The molecule has 2 amide bonds. The molecule has 3 atom stereocenters. The van der Waals surface area contributed by atoms with Crippen LogP contribution in [0.2, 0.25) is 30.1 Å². The van der Waals surface area contributed by atoms with E-state index >= 15 is 0 Å². The summed E-state index contributed by atoms with van der Waals surface area (Å²) in [5, 5.41) is 19.9. The van der Waals surface area contributed by atoms with Crippen molar-refractivity contribution >= 4 is 164 Å². The summed E-state index contributed by atoms with van der Waals surface area (Å²) in [4.78, 5) is 73.4. The first-order chi connectivity index (χ1) is 57.8. The van der Waals surface area contributed by atoms with Crippen molar-refractivity contribution in [3.05, 3.63) is 348 Å². The number of nitrogens with one attached hydrogen (secondary N) is 5. The van der Waals surface area contributed by atoms with Crippen molar-refractivity contribution < 1.29 is 14.0 Å². The number of aromatic nitrogens is 10. The Kier molecular flexibility index (Phi) is 25.2. The maximum atomic E-state index is 13.0. The van der Waals surface area contributed by atoms with Gasteiger partial charge >= 0.3 is 0 Å². The smallest absolute Gasteiger partial charge is 0.258 e. The van der Waals surface area contributed by atoms with E-state index in [1.165, 1.54) is 33.1 Å². The molecule has 17 nitrogen and oxygen atoms in total. The first kappa shape index (κ1) is 81.4. The van der Waals surface area contributed by atoms with Crippen molar-refractivity contribution in [2.75, 3.05) is 26.6 Å². The molecule has 15 aromatic rings. The third-order valence-electron chi connectivity index (χ3n) is 19.7. The lowest BCUT2D eigenvalue weighted by Gasteiger charge is -2.24. The number of hydrogen-bond donors (Lipinski definition) is 5. The average molecular weight is 1740 g/mol. The fourth-order valence-corrected chi connectivity index (χ4v) is 18.1. The lowest BCUT2D eigenvalue weighted by Crippen LogP contribution is -2.16. The number of benzene rings is 10. The van der Waals surface area contributed by atoms with Gasteiger partial charge < -0.3 is 16.0 Å². The van der Waals surface area contributed by atoms with E-state index < -0.39 is 0 Å². The summed E-state index contributed by atoms with van der Waals surface area (Å²) in [6.45, 7) is 6.48. The predicted molar refractivity (Wildman–Crippen MR) is 483 cm³/mol. The largest absolute Gasteiger partial charge is 0.324 e. The Morgan fingerprint density at radius 3 is 1.09 bits per heavy atom. The zero-order chi connectivity index (χ0) is 82.2. The number of halogens is 7. The van der Waals surface area contributed by atoms with Crippen molar-refractivity contribution in [3.63, 3.8) is 0 Å². The van der Waals surface area contributed by atoms with Crippen molar-refractivity contribution in [2.45, 2.75) is 76.9 Å². The number of anilines is 8. The van der Waals surface area contributed by atoms with Gasteiger partial charge in [0.05, 0.1) is 28.5 Å². The zero-order valence-corrected chi connectivity index (χ0v) is 70.5. The molecule has 0 saturated heterocycles. The average Bonchev–Trinajstić information content (AvgIpc) is 0.783. The summed E-state index contributed by atoms with van der Waals surface area (Å²) in [6, 6.07) is 71.2. The molecule has 5 N–H and O–H groups in total. The molecule has 0 saturated carbocycles. The third-order valence-corrected chi connectivity index (χ3v) is 24.8. The van der Waals surface area contributed by atoms with Gasteiger partial charge in [0.15, 0.2) is 0 Å². The van der Waals surface area contributed by atoms with Crippen LogP contribution in [-0.4, -0.2) is 61.7 Å². The van der Waals surface area contributed by atoms with Gasteiger partial charge in [-0.15, -0.1) is 35.3 Å². The molecular weight excluding hydrogens is 1680 g/mol. The van der Waals surface area contributed by atoms with Crippen LogP contribution in [0.15, 0.2) is 276 Å². The molecule has 3 aliphatic heterocycles. The fraction of sp³-hybridized carbons (Fsp3) is 0.109. The molecule has 119 heavy (non-hydrogen) atoms. The Bertz CT molecular complexity index is 6180. The van der Waals surface area contributed by atoms with Gasteiger partial charge in [-0.25, -0.2) is 54.2 Å². The Hall–Kier alpha value is -11.3. The van der Waals surface area contributed by atoms with Crippen molar-refractivity contribution in [2.24, 2.45) is 0 Å². The van der Waals surface area contributed by atoms with Crippen LogP contribution in [0.5, 0.6) is 0 Å². The SMILES string of the molecule is CC1Sc2ccc(Cl)cc2-c2nc(Nc3ccc(Cl)cc3)ncc21.CC1Sc2ccc(Cl)cc2-c2nc(Nc3ccc(F)cc3)ncc21.CC1Sc2ccc(Cl)cc2-c2nc(Nc3ccccc3)ncc21.O=C(Nc1ncc2c(n1)-c1ccccc1CC2)c1ccc(Cl)cc1.O=C(Nc1ncc2c(n1)-c1ccccc1CC2)c1cccc(Cl)c1. The highest BCUT2D eigenvalue weighted by atomic mass is 35.5. The number of para-hydroxylation sites is 1. The van der Waals surface area contributed by atoms with Crippen LogP contribution in [0.4, 0.5) is 51.2 Å². The molecule has 8 heterocycles. The van der Waals surface area contributed by atoms with Gasteiger partial charge in [-0.05, 0) is 226 Å². The Labute approximate surface area is 728 Å². The first-order valence-electron chi connectivity index (χ1n) is 37.7. The fourth-order valence-electron chi connectivity index (χ4n) is 13.8. The molecule has 10 aromatic carbocycles. The molecule has 3 unspecified atom stereocenters.